The zero-order valence-electron chi connectivity index (χ0n) is 13.3. The van der Waals surface area contributed by atoms with Crippen molar-refractivity contribution in [2.24, 2.45) is 5.73 Å². The Kier molecular flexibility index (Phi) is 4.86. The predicted octanol–water partition coefficient (Wildman–Crippen LogP) is 3.80. The Morgan fingerprint density at radius 1 is 1.10 bits per heavy atom. The van der Waals surface area contributed by atoms with Gasteiger partial charge in [-0.25, -0.2) is 0 Å². The first-order valence-corrected chi connectivity index (χ1v) is 7.49. The highest BCUT2D eigenvalue weighted by atomic mass is 16.3. The molecule has 3 nitrogen and oxygen atoms in total. The Balaban J connectivity index is 2.28. The van der Waals surface area contributed by atoms with E-state index in [0.717, 1.165) is 22.6 Å². The van der Waals surface area contributed by atoms with E-state index in [1.807, 2.05) is 19.9 Å². The Morgan fingerprint density at radius 3 is 2.10 bits per heavy atom. The van der Waals surface area contributed by atoms with Crippen LogP contribution >= 0.6 is 0 Å². The van der Waals surface area contributed by atoms with E-state index >= 15 is 0 Å². The van der Waals surface area contributed by atoms with Crippen LogP contribution < -0.4 is 5.73 Å². The van der Waals surface area contributed by atoms with Crippen LogP contribution in [0.15, 0.2) is 34.7 Å². The lowest BCUT2D eigenvalue weighted by Crippen LogP contribution is -2.20. The molecule has 2 atom stereocenters. The third kappa shape index (κ3) is 3.36. The van der Waals surface area contributed by atoms with Crippen LogP contribution in [0.2, 0.25) is 0 Å². The number of benzene rings is 1. The van der Waals surface area contributed by atoms with Crippen LogP contribution in [0.3, 0.4) is 0 Å². The van der Waals surface area contributed by atoms with Gasteiger partial charge in [-0.15, -0.1) is 0 Å². The maximum atomic E-state index is 10.7. The molecule has 3 heteroatoms. The molecule has 114 valence electrons. The van der Waals surface area contributed by atoms with Gasteiger partial charge in [0.05, 0.1) is 6.10 Å². The molecule has 0 aliphatic carbocycles. The fraction of sp³-hybridized carbons (Fsp3) is 0.444. The zero-order chi connectivity index (χ0) is 15.6. The molecule has 0 fully saturated rings. The highest BCUT2D eigenvalue weighted by Gasteiger charge is 2.25. The van der Waals surface area contributed by atoms with E-state index in [4.69, 9.17) is 10.2 Å². The molecule has 0 radical (unpaired) electrons. The summed E-state index contributed by atoms with van der Waals surface area (Å²) in [6.07, 6.45) is -0.641. The Hall–Kier alpha value is -1.58. The molecule has 3 N–H and O–H groups in total. The number of nitrogens with two attached hydrogens (primary N) is 1. The topological polar surface area (TPSA) is 59.4 Å². The Labute approximate surface area is 126 Å². The minimum atomic E-state index is -0.641. The maximum absolute atomic E-state index is 10.7. The molecule has 0 spiro atoms. The van der Waals surface area contributed by atoms with E-state index < -0.39 is 6.10 Å². The van der Waals surface area contributed by atoms with Gasteiger partial charge in [-0.3, -0.25) is 0 Å². The molecule has 0 aliphatic heterocycles. The van der Waals surface area contributed by atoms with Crippen molar-refractivity contribution in [2.45, 2.75) is 45.6 Å². The summed E-state index contributed by atoms with van der Waals surface area (Å²) in [6.45, 7) is 8.49. The second-order valence-electron chi connectivity index (χ2n) is 5.98. The molecule has 0 saturated heterocycles. The third-order valence-corrected chi connectivity index (χ3v) is 4.06. The molecule has 2 unspecified atom stereocenters. The number of rotatable bonds is 5. The highest BCUT2D eigenvalue weighted by Crippen LogP contribution is 2.33. The van der Waals surface area contributed by atoms with Gasteiger partial charge >= 0.3 is 0 Å². The molecule has 1 heterocycles. The van der Waals surface area contributed by atoms with Gasteiger partial charge in [0.1, 0.15) is 11.5 Å². The zero-order valence-corrected chi connectivity index (χ0v) is 13.3. The fourth-order valence-corrected chi connectivity index (χ4v) is 2.74. The number of hydrogen-bond acceptors (Lipinski definition) is 3. The standard InChI is InChI=1S/C18H25NO2/c1-11(2)14-5-7-15(8-6-14)17(10-19)18(20)16-9-12(3)21-13(16)4/h5-9,11,17-18,20H,10,19H2,1-4H3. The molecule has 1 aromatic heterocycles. The molecule has 2 aromatic rings. The van der Waals surface area contributed by atoms with Gasteiger partial charge in [0.15, 0.2) is 0 Å². The Bertz CT molecular complexity index is 584. The van der Waals surface area contributed by atoms with Gasteiger partial charge in [0.25, 0.3) is 0 Å². The van der Waals surface area contributed by atoms with Crippen molar-refractivity contribution >= 4 is 0 Å². The average molecular weight is 287 g/mol. The van der Waals surface area contributed by atoms with E-state index in [-0.39, 0.29) is 5.92 Å². The summed E-state index contributed by atoms with van der Waals surface area (Å²) in [6, 6.07) is 10.3. The summed E-state index contributed by atoms with van der Waals surface area (Å²) < 4.78 is 5.52. The van der Waals surface area contributed by atoms with E-state index in [0.29, 0.717) is 12.5 Å². The van der Waals surface area contributed by atoms with Crippen molar-refractivity contribution in [2.75, 3.05) is 6.54 Å². The second-order valence-corrected chi connectivity index (χ2v) is 5.98. The smallest absolute Gasteiger partial charge is 0.106 e. The van der Waals surface area contributed by atoms with E-state index in [2.05, 4.69) is 38.1 Å². The second kappa shape index (κ2) is 6.46. The normalized spacial score (nSPS) is 14.4. The molecule has 2 rings (SSSR count). The van der Waals surface area contributed by atoms with Crippen LogP contribution in [0.25, 0.3) is 0 Å². The van der Waals surface area contributed by atoms with Crippen molar-refractivity contribution in [1.29, 1.82) is 0 Å². The van der Waals surface area contributed by atoms with Crippen molar-refractivity contribution < 1.29 is 9.52 Å². The molecular weight excluding hydrogens is 262 g/mol. The van der Waals surface area contributed by atoms with Crippen LogP contribution in [0, 0.1) is 13.8 Å². The first-order chi connectivity index (χ1) is 9.93. The quantitative estimate of drug-likeness (QED) is 0.879. The number of aliphatic hydroxyl groups excluding tert-OH is 1. The van der Waals surface area contributed by atoms with Gasteiger partial charge in [-0.1, -0.05) is 38.1 Å². The van der Waals surface area contributed by atoms with Crippen LogP contribution in [-0.2, 0) is 0 Å². The van der Waals surface area contributed by atoms with Crippen molar-refractivity contribution in [3.05, 3.63) is 58.5 Å². The summed E-state index contributed by atoms with van der Waals surface area (Å²) in [5.74, 6) is 1.95. The number of hydrogen-bond donors (Lipinski definition) is 2. The van der Waals surface area contributed by atoms with Crippen molar-refractivity contribution in [3.63, 3.8) is 0 Å². The van der Waals surface area contributed by atoms with Crippen LogP contribution in [0.4, 0.5) is 0 Å². The first kappa shape index (κ1) is 15.8. The van der Waals surface area contributed by atoms with Crippen LogP contribution in [0.1, 0.15) is 60.0 Å². The fourth-order valence-electron chi connectivity index (χ4n) is 2.74. The van der Waals surface area contributed by atoms with Gasteiger partial charge < -0.3 is 15.3 Å². The molecule has 1 aromatic carbocycles. The van der Waals surface area contributed by atoms with E-state index in [1.165, 1.54) is 5.56 Å². The average Bonchev–Trinajstić information content (AvgIpc) is 2.79. The summed E-state index contributed by atoms with van der Waals surface area (Å²) in [4.78, 5) is 0. The number of aliphatic hydroxyl groups is 1. The van der Waals surface area contributed by atoms with E-state index in [1.54, 1.807) is 0 Å². The van der Waals surface area contributed by atoms with Crippen molar-refractivity contribution in [1.82, 2.24) is 0 Å². The van der Waals surface area contributed by atoms with Crippen molar-refractivity contribution in [3.8, 4) is 0 Å². The minimum Gasteiger partial charge on any atom is -0.466 e. The van der Waals surface area contributed by atoms with Crippen LogP contribution in [-0.4, -0.2) is 11.7 Å². The predicted molar refractivity (Wildman–Crippen MR) is 85.5 cm³/mol. The SMILES string of the molecule is Cc1cc(C(O)C(CN)c2ccc(C(C)C)cc2)c(C)o1. The molecule has 0 bridgehead atoms. The summed E-state index contributed by atoms with van der Waals surface area (Å²) in [5, 5.41) is 10.7. The van der Waals surface area contributed by atoms with E-state index in [9.17, 15) is 5.11 Å². The lowest BCUT2D eigenvalue weighted by Gasteiger charge is -2.22. The summed E-state index contributed by atoms with van der Waals surface area (Å²) in [5.41, 5.74) is 9.09. The highest BCUT2D eigenvalue weighted by molar-refractivity contribution is 5.32. The molecule has 0 saturated carbocycles. The minimum absolute atomic E-state index is 0.123. The maximum Gasteiger partial charge on any atom is 0.106 e. The Morgan fingerprint density at radius 2 is 1.67 bits per heavy atom. The largest absolute Gasteiger partial charge is 0.466 e. The van der Waals surface area contributed by atoms with Gasteiger partial charge in [0, 0.05) is 18.0 Å². The molecule has 21 heavy (non-hydrogen) atoms. The lowest BCUT2D eigenvalue weighted by atomic mass is 9.88. The summed E-state index contributed by atoms with van der Waals surface area (Å²) >= 11 is 0. The van der Waals surface area contributed by atoms with Gasteiger partial charge in [-0.2, -0.15) is 0 Å². The monoisotopic (exact) mass is 287 g/mol. The summed E-state index contributed by atoms with van der Waals surface area (Å²) in [7, 11) is 0. The third-order valence-electron chi connectivity index (χ3n) is 4.06. The van der Waals surface area contributed by atoms with Gasteiger partial charge in [0.2, 0.25) is 0 Å². The van der Waals surface area contributed by atoms with Gasteiger partial charge in [-0.05, 0) is 37.0 Å². The van der Waals surface area contributed by atoms with Crippen LogP contribution in [0.5, 0.6) is 0 Å². The molecule has 0 aliphatic rings. The number of furan rings is 1. The first-order valence-electron chi connectivity index (χ1n) is 7.49. The number of aryl methyl sites for hydroxylation is 2. The lowest BCUT2D eigenvalue weighted by molar-refractivity contribution is 0.145. The molecular formula is C18H25NO2. The molecule has 0 amide bonds.